The van der Waals surface area contributed by atoms with Gasteiger partial charge in [0, 0.05) is 17.5 Å². The molecule has 1 aromatic carbocycles. The van der Waals surface area contributed by atoms with Crippen molar-refractivity contribution in [3.05, 3.63) is 65.0 Å². The van der Waals surface area contributed by atoms with Gasteiger partial charge < -0.3 is 5.21 Å². The van der Waals surface area contributed by atoms with Gasteiger partial charge in [-0.05, 0) is 43.5 Å². The predicted octanol–water partition coefficient (Wildman–Crippen LogP) is 4.22. The molecule has 116 valence electrons. The smallest absolute Gasteiger partial charge is 0.411 e. The fraction of sp³-hybridized carbons (Fsp3) is 0.250. The fourth-order valence-corrected chi connectivity index (χ4v) is 2.25. The lowest BCUT2D eigenvalue weighted by Crippen LogP contribution is -2.11. The molecule has 0 aliphatic rings. The van der Waals surface area contributed by atoms with Crippen LogP contribution in [0.5, 0.6) is 0 Å². The van der Waals surface area contributed by atoms with Crippen LogP contribution in [-0.4, -0.2) is 15.9 Å². The second kappa shape index (κ2) is 6.60. The summed E-state index contributed by atoms with van der Waals surface area (Å²) in [5.74, 6) is 0. The van der Waals surface area contributed by atoms with E-state index in [0.717, 1.165) is 11.8 Å². The first-order chi connectivity index (χ1) is 10.4. The summed E-state index contributed by atoms with van der Waals surface area (Å²) in [5.41, 5.74) is 1.26. The number of aromatic nitrogens is 1. The van der Waals surface area contributed by atoms with Gasteiger partial charge in [0.15, 0.2) is 0 Å². The molecule has 0 saturated carbocycles. The van der Waals surface area contributed by atoms with Gasteiger partial charge >= 0.3 is 6.18 Å². The molecule has 0 atom stereocenters. The summed E-state index contributed by atoms with van der Waals surface area (Å²) >= 11 is 0. The van der Waals surface area contributed by atoms with Gasteiger partial charge in [-0.3, -0.25) is 4.98 Å². The van der Waals surface area contributed by atoms with Gasteiger partial charge in [0.05, 0.1) is 11.3 Å². The molecule has 0 saturated heterocycles. The van der Waals surface area contributed by atoms with E-state index in [2.05, 4.69) is 10.1 Å². The lowest BCUT2D eigenvalue weighted by atomic mass is 9.98. The summed E-state index contributed by atoms with van der Waals surface area (Å²) < 4.78 is 38.8. The lowest BCUT2D eigenvalue weighted by molar-refractivity contribution is -0.138. The number of hydrogen-bond donors (Lipinski definition) is 1. The topological polar surface area (TPSA) is 45.5 Å². The molecule has 0 unspecified atom stereocenters. The Morgan fingerprint density at radius 3 is 2.59 bits per heavy atom. The van der Waals surface area contributed by atoms with Crippen LogP contribution >= 0.6 is 0 Å². The number of benzene rings is 1. The average Bonchev–Trinajstić information content (AvgIpc) is 2.47. The third kappa shape index (κ3) is 3.84. The highest BCUT2D eigenvalue weighted by molar-refractivity contribution is 6.00. The minimum atomic E-state index is -4.39. The van der Waals surface area contributed by atoms with Crippen LogP contribution in [0.15, 0.2) is 47.8 Å². The van der Waals surface area contributed by atoms with Gasteiger partial charge in [-0.15, -0.1) is 0 Å². The molecule has 0 radical (unpaired) electrons. The quantitative estimate of drug-likeness (QED) is 0.522. The summed E-state index contributed by atoms with van der Waals surface area (Å²) in [6, 6.07) is 8.82. The second-order valence-electron chi connectivity index (χ2n) is 4.89. The van der Waals surface area contributed by atoms with Crippen molar-refractivity contribution in [3.63, 3.8) is 0 Å². The molecule has 0 spiro atoms. The van der Waals surface area contributed by atoms with Crippen LogP contribution in [0.1, 0.15) is 28.8 Å². The number of nitrogens with zero attached hydrogens (tertiary/aromatic N) is 2. The van der Waals surface area contributed by atoms with Crippen molar-refractivity contribution in [2.75, 3.05) is 0 Å². The zero-order chi connectivity index (χ0) is 16.2. The molecule has 0 aliphatic carbocycles. The molecule has 1 N–H and O–H groups in total. The number of halogens is 3. The van der Waals surface area contributed by atoms with E-state index in [1.165, 1.54) is 12.1 Å². The summed E-state index contributed by atoms with van der Waals surface area (Å²) in [7, 11) is 0. The first kappa shape index (κ1) is 16.0. The Balaban J connectivity index is 2.19. The summed E-state index contributed by atoms with van der Waals surface area (Å²) in [4.78, 5) is 4.04. The number of alkyl halides is 3. The van der Waals surface area contributed by atoms with Crippen LogP contribution in [0.3, 0.4) is 0 Å². The molecule has 2 rings (SSSR count). The van der Waals surface area contributed by atoms with E-state index in [4.69, 9.17) is 5.21 Å². The third-order valence-corrected chi connectivity index (χ3v) is 3.30. The van der Waals surface area contributed by atoms with E-state index in [1.807, 2.05) is 0 Å². The van der Waals surface area contributed by atoms with E-state index in [9.17, 15) is 13.2 Å². The Bertz CT molecular complexity index is 681. The Labute approximate surface area is 126 Å². The van der Waals surface area contributed by atoms with Crippen molar-refractivity contribution in [1.82, 2.24) is 4.98 Å². The highest BCUT2D eigenvalue weighted by atomic mass is 19.4. The Morgan fingerprint density at radius 1 is 1.23 bits per heavy atom. The highest BCUT2D eigenvalue weighted by Crippen LogP contribution is 2.32. The van der Waals surface area contributed by atoms with Gasteiger partial charge in [-0.1, -0.05) is 23.4 Å². The number of oxime groups is 1. The molecule has 1 aromatic heterocycles. The van der Waals surface area contributed by atoms with Crippen molar-refractivity contribution in [1.29, 1.82) is 0 Å². The monoisotopic (exact) mass is 308 g/mol. The third-order valence-electron chi connectivity index (χ3n) is 3.30. The van der Waals surface area contributed by atoms with Crippen molar-refractivity contribution in [2.45, 2.75) is 25.9 Å². The van der Waals surface area contributed by atoms with E-state index < -0.39 is 11.7 Å². The maximum atomic E-state index is 12.9. The fourth-order valence-electron chi connectivity index (χ4n) is 2.25. The maximum Gasteiger partial charge on any atom is 0.416 e. The zero-order valence-corrected chi connectivity index (χ0v) is 11.9. The first-order valence-corrected chi connectivity index (χ1v) is 6.71. The van der Waals surface area contributed by atoms with Crippen LogP contribution in [0.25, 0.3) is 0 Å². The van der Waals surface area contributed by atoms with Crippen LogP contribution in [0.2, 0.25) is 0 Å². The van der Waals surface area contributed by atoms with Gasteiger partial charge in [-0.25, -0.2) is 0 Å². The summed E-state index contributed by atoms with van der Waals surface area (Å²) in [6.45, 7) is 1.79. The van der Waals surface area contributed by atoms with Crippen molar-refractivity contribution in [2.24, 2.45) is 5.16 Å². The molecular formula is C16H15F3N2O. The Hall–Kier alpha value is -2.37. The second-order valence-corrected chi connectivity index (χ2v) is 4.89. The molecule has 0 aliphatic heterocycles. The Kier molecular flexibility index (Phi) is 4.80. The van der Waals surface area contributed by atoms with Crippen LogP contribution in [0, 0.1) is 6.92 Å². The highest BCUT2D eigenvalue weighted by Gasteiger charge is 2.32. The molecule has 22 heavy (non-hydrogen) atoms. The van der Waals surface area contributed by atoms with E-state index in [1.54, 1.807) is 31.3 Å². The normalized spacial score (nSPS) is 12.5. The van der Waals surface area contributed by atoms with Crippen molar-refractivity contribution in [3.8, 4) is 0 Å². The van der Waals surface area contributed by atoms with Gasteiger partial charge in [-0.2, -0.15) is 13.2 Å². The zero-order valence-electron chi connectivity index (χ0n) is 11.9. The number of aryl methyl sites for hydroxylation is 2. The molecular weight excluding hydrogens is 293 g/mol. The molecule has 1 heterocycles. The van der Waals surface area contributed by atoms with E-state index >= 15 is 0 Å². The molecule has 2 aromatic rings. The summed E-state index contributed by atoms with van der Waals surface area (Å²) in [6.07, 6.45) is -2.48. The van der Waals surface area contributed by atoms with Crippen LogP contribution < -0.4 is 0 Å². The number of rotatable bonds is 4. The van der Waals surface area contributed by atoms with Crippen molar-refractivity contribution < 1.29 is 18.4 Å². The first-order valence-electron chi connectivity index (χ1n) is 6.71. The predicted molar refractivity (Wildman–Crippen MR) is 77.1 cm³/mol. The van der Waals surface area contributed by atoms with Gasteiger partial charge in [0.2, 0.25) is 0 Å². The Morgan fingerprint density at radius 2 is 1.95 bits per heavy atom. The SMILES string of the molecule is Cc1cc(C(CCc2ccccc2C(F)(F)F)=NO)ccn1. The minimum absolute atomic E-state index is 0.135. The standard InChI is InChI=1S/C16H15F3N2O/c1-11-10-13(8-9-20-11)15(21-22)7-6-12-4-2-3-5-14(12)16(17,18)19/h2-5,8-10,22H,6-7H2,1H3. The van der Waals surface area contributed by atoms with Gasteiger partial charge in [0.1, 0.15) is 0 Å². The molecule has 0 amide bonds. The summed E-state index contributed by atoms with van der Waals surface area (Å²) in [5, 5.41) is 12.3. The molecule has 0 bridgehead atoms. The van der Waals surface area contributed by atoms with Crippen LogP contribution in [0.4, 0.5) is 13.2 Å². The lowest BCUT2D eigenvalue weighted by Gasteiger charge is -2.13. The van der Waals surface area contributed by atoms with Crippen LogP contribution in [-0.2, 0) is 12.6 Å². The van der Waals surface area contributed by atoms with Crippen molar-refractivity contribution >= 4 is 5.71 Å². The number of pyridine rings is 1. The maximum absolute atomic E-state index is 12.9. The molecule has 0 fully saturated rings. The average molecular weight is 308 g/mol. The molecule has 6 heteroatoms. The van der Waals surface area contributed by atoms with E-state index in [0.29, 0.717) is 11.3 Å². The largest absolute Gasteiger partial charge is 0.416 e. The minimum Gasteiger partial charge on any atom is -0.411 e. The van der Waals surface area contributed by atoms with E-state index in [-0.39, 0.29) is 18.4 Å². The van der Waals surface area contributed by atoms with Gasteiger partial charge in [0.25, 0.3) is 0 Å². The number of hydrogen-bond acceptors (Lipinski definition) is 3. The molecule has 3 nitrogen and oxygen atoms in total.